The average Bonchev–Trinajstić information content (AvgIpc) is 3.36. The van der Waals surface area contributed by atoms with Crippen molar-refractivity contribution in [1.82, 2.24) is 0 Å². The predicted molar refractivity (Wildman–Crippen MR) is 133 cm³/mol. The summed E-state index contributed by atoms with van der Waals surface area (Å²) in [6, 6.07) is 13.3. The highest BCUT2D eigenvalue weighted by Crippen LogP contribution is 2.34. The van der Waals surface area contributed by atoms with Crippen LogP contribution >= 0.6 is 11.3 Å². The number of hydrogen-bond donors (Lipinski definition) is 2. The van der Waals surface area contributed by atoms with Gasteiger partial charge in [0.05, 0.1) is 39.0 Å². The van der Waals surface area contributed by atoms with E-state index >= 15 is 0 Å². The first kappa shape index (κ1) is 25.6. The van der Waals surface area contributed by atoms with Crippen molar-refractivity contribution in [3.8, 4) is 17.2 Å². The molecule has 0 aliphatic rings. The molecule has 0 aliphatic heterocycles. The number of benzene rings is 2. The van der Waals surface area contributed by atoms with E-state index in [4.69, 9.17) is 18.9 Å². The molecule has 2 aromatic carbocycles. The van der Waals surface area contributed by atoms with E-state index < -0.39 is 18.0 Å². The Kier molecular flexibility index (Phi) is 8.69. The minimum Gasteiger partial charge on any atom is -0.497 e. The highest BCUT2D eigenvalue weighted by Gasteiger charge is 2.24. The molecule has 35 heavy (non-hydrogen) atoms. The Morgan fingerprint density at radius 3 is 2.20 bits per heavy atom. The second-order valence-corrected chi connectivity index (χ2v) is 8.35. The van der Waals surface area contributed by atoms with Gasteiger partial charge in [-0.15, -0.1) is 11.3 Å². The number of anilines is 2. The highest BCUT2D eigenvalue weighted by atomic mass is 32.1. The maximum Gasteiger partial charge on any atom is 0.341 e. The zero-order chi connectivity index (χ0) is 25.4. The molecule has 0 spiro atoms. The van der Waals surface area contributed by atoms with Gasteiger partial charge in [-0.05, 0) is 42.6 Å². The minimum absolute atomic E-state index is 0.0197. The zero-order valence-electron chi connectivity index (χ0n) is 19.7. The van der Waals surface area contributed by atoms with Crippen LogP contribution in [0.1, 0.15) is 22.2 Å². The van der Waals surface area contributed by atoms with Crippen LogP contribution in [0.5, 0.6) is 17.2 Å². The van der Waals surface area contributed by atoms with Gasteiger partial charge in [0.15, 0.2) is 17.6 Å². The molecule has 184 valence electrons. The van der Waals surface area contributed by atoms with Crippen molar-refractivity contribution in [3.05, 3.63) is 64.4 Å². The van der Waals surface area contributed by atoms with Crippen LogP contribution in [0.3, 0.4) is 0 Å². The summed E-state index contributed by atoms with van der Waals surface area (Å²) >= 11 is 1.45. The van der Waals surface area contributed by atoms with Crippen molar-refractivity contribution >= 4 is 40.5 Å². The SMILES string of the molecule is COc1ccc(NC(=O)C(C)OC(=O)c2cc(OC)c(OC)cc2NC(=O)Cc2cccs2)cc1. The number of hydrogen-bond acceptors (Lipinski definition) is 8. The molecule has 10 heteroatoms. The Morgan fingerprint density at radius 2 is 1.60 bits per heavy atom. The Hall–Kier alpha value is -4.05. The first-order valence-corrected chi connectivity index (χ1v) is 11.5. The molecule has 1 unspecified atom stereocenters. The predicted octanol–water partition coefficient (Wildman–Crippen LogP) is 4.14. The fourth-order valence-electron chi connectivity index (χ4n) is 3.11. The van der Waals surface area contributed by atoms with Gasteiger partial charge in [0.2, 0.25) is 5.91 Å². The maximum atomic E-state index is 13.0. The minimum atomic E-state index is -1.12. The van der Waals surface area contributed by atoms with E-state index in [0.29, 0.717) is 17.2 Å². The summed E-state index contributed by atoms with van der Waals surface area (Å²) in [5.74, 6) is -0.419. The van der Waals surface area contributed by atoms with Crippen LogP contribution < -0.4 is 24.8 Å². The third-order valence-electron chi connectivity index (χ3n) is 4.94. The highest BCUT2D eigenvalue weighted by molar-refractivity contribution is 7.10. The van der Waals surface area contributed by atoms with Gasteiger partial charge in [-0.2, -0.15) is 0 Å². The summed E-state index contributed by atoms with van der Waals surface area (Å²) in [4.78, 5) is 39.0. The Balaban J connectivity index is 1.76. The van der Waals surface area contributed by atoms with Gasteiger partial charge in [-0.3, -0.25) is 9.59 Å². The van der Waals surface area contributed by atoms with Gasteiger partial charge < -0.3 is 29.6 Å². The molecular formula is C25H26N2O7S. The Morgan fingerprint density at radius 1 is 0.914 bits per heavy atom. The normalized spacial score (nSPS) is 11.2. The van der Waals surface area contributed by atoms with E-state index in [2.05, 4.69) is 10.6 Å². The lowest BCUT2D eigenvalue weighted by molar-refractivity contribution is -0.123. The van der Waals surface area contributed by atoms with E-state index in [1.807, 2.05) is 17.5 Å². The molecular weight excluding hydrogens is 472 g/mol. The molecule has 1 atom stereocenters. The largest absolute Gasteiger partial charge is 0.497 e. The first-order valence-electron chi connectivity index (χ1n) is 10.6. The summed E-state index contributed by atoms with van der Waals surface area (Å²) in [6.45, 7) is 1.45. The van der Waals surface area contributed by atoms with E-state index in [1.54, 1.807) is 31.4 Å². The molecule has 0 fully saturated rings. The van der Waals surface area contributed by atoms with Crippen molar-refractivity contribution in [2.24, 2.45) is 0 Å². The summed E-state index contributed by atoms with van der Waals surface area (Å²) in [7, 11) is 4.41. The van der Waals surface area contributed by atoms with Gasteiger partial charge in [-0.25, -0.2) is 4.79 Å². The van der Waals surface area contributed by atoms with E-state index in [9.17, 15) is 14.4 Å². The molecule has 2 N–H and O–H groups in total. The number of carbonyl (C=O) groups excluding carboxylic acids is 3. The molecule has 0 bridgehead atoms. The standard InChI is InChI=1S/C25H26N2O7S/c1-15(24(29)26-16-7-9-17(31-2)10-8-16)34-25(30)19-13-21(32-3)22(33-4)14-20(19)27-23(28)12-18-6-5-11-35-18/h5-11,13-15H,12H2,1-4H3,(H,26,29)(H,27,28). The second-order valence-electron chi connectivity index (χ2n) is 7.32. The number of rotatable bonds is 10. The quantitative estimate of drug-likeness (QED) is 0.404. The second kappa shape index (κ2) is 11.9. The lowest BCUT2D eigenvalue weighted by atomic mass is 10.1. The third kappa shape index (κ3) is 6.73. The number of methoxy groups -OCH3 is 3. The zero-order valence-corrected chi connectivity index (χ0v) is 20.6. The number of amides is 2. The van der Waals surface area contributed by atoms with E-state index in [-0.39, 0.29) is 29.3 Å². The molecule has 3 aromatic rings. The van der Waals surface area contributed by atoms with Gasteiger partial charge in [0.25, 0.3) is 5.91 Å². The molecule has 3 rings (SSSR count). The molecule has 0 radical (unpaired) electrons. The molecule has 1 aromatic heterocycles. The smallest absolute Gasteiger partial charge is 0.341 e. The molecule has 9 nitrogen and oxygen atoms in total. The Labute approximate surface area is 207 Å². The fourth-order valence-corrected chi connectivity index (χ4v) is 3.82. The van der Waals surface area contributed by atoms with E-state index in [0.717, 1.165) is 4.88 Å². The van der Waals surface area contributed by atoms with Crippen LogP contribution in [0, 0.1) is 0 Å². The number of esters is 1. The Bertz CT molecular complexity index is 1180. The van der Waals surface area contributed by atoms with Crippen molar-refractivity contribution in [2.45, 2.75) is 19.4 Å². The molecule has 0 aliphatic carbocycles. The maximum absolute atomic E-state index is 13.0. The van der Waals surface area contributed by atoms with Crippen LogP contribution in [0.4, 0.5) is 11.4 Å². The third-order valence-corrected chi connectivity index (χ3v) is 5.82. The van der Waals surface area contributed by atoms with Crippen molar-refractivity contribution in [3.63, 3.8) is 0 Å². The number of ether oxygens (including phenoxy) is 4. The molecule has 1 heterocycles. The monoisotopic (exact) mass is 498 g/mol. The van der Waals surface area contributed by atoms with Gasteiger partial charge in [0, 0.05) is 22.7 Å². The van der Waals surface area contributed by atoms with Crippen LogP contribution in [0.2, 0.25) is 0 Å². The van der Waals surface area contributed by atoms with Crippen LogP contribution in [0.25, 0.3) is 0 Å². The van der Waals surface area contributed by atoms with Crippen LogP contribution in [-0.4, -0.2) is 45.2 Å². The van der Waals surface area contributed by atoms with Gasteiger partial charge >= 0.3 is 5.97 Å². The summed E-state index contributed by atoms with van der Waals surface area (Å²) in [6.07, 6.45) is -0.978. The molecule has 2 amide bonds. The van der Waals surface area contributed by atoms with E-state index in [1.165, 1.54) is 44.6 Å². The summed E-state index contributed by atoms with van der Waals surface area (Å²) in [5.41, 5.74) is 0.717. The fraction of sp³-hybridized carbons (Fsp3) is 0.240. The summed E-state index contributed by atoms with van der Waals surface area (Å²) < 4.78 is 21.1. The number of thiophene rings is 1. The lowest BCUT2D eigenvalue weighted by Gasteiger charge is -2.17. The van der Waals surface area contributed by atoms with Gasteiger partial charge in [0.1, 0.15) is 5.75 Å². The molecule has 0 saturated carbocycles. The van der Waals surface area contributed by atoms with Crippen molar-refractivity contribution in [1.29, 1.82) is 0 Å². The van der Waals surface area contributed by atoms with Crippen LogP contribution in [-0.2, 0) is 20.7 Å². The molecule has 0 saturated heterocycles. The number of carbonyl (C=O) groups is 3. The van der Waals surface area contributed by atoms with Crippen LogP contribution in [0.15, 0.2) is 53.9 Å². The number of nitrogens with one attached hydrogen (secondary N) is 2. The van der Waals surface area contributed by atoms with Crippen molar-refractivity contribution in [2.75, 3.05) is 32.0 Å². The lowest BCUT2D eigenvalue weighted by Crippen LogP contribution is -2.30. The average molecular weight is 499 g/mol. The summed E-state index contributed by atoms with van der Waals surface area (Å²) in [5, 5.41) is 7.28. The van der Waals surface area contributed by atoms with Gasteiger partial charge in [-0.1, -0.05) is 6.07 Å². The van der Waals surface area contributed by atoms with Crippen molar-refractivity contribution < 1.29 is 33.3 Å². The first-order chi connectivity index (χ1) is 16.8. The topological polar surface area (TPSA) is 112 Å².